The van der Waals surface area contributed by atoms with Crippen LogP contribution in [0, 0.1) is 13.8 Å². The maximum absolute atomic E-state index is 13.7. The number of benzene rings is 2. The summed E-state index contributed by atoms with van der Waals surface area (Å²) in [6, 6.07) is 12.0. The molecule has 0 aliphatic heterocycles. The lowest BCUT2D eigenvalue weighted by Gasteiger charge is -2.11. The van der Waals surface area contributed by atoms with Crippen LogP contribution in [0.4, 0.5) is 31.1 Å². The van der Waals surface area contributed by atoms with E-state index in [0.29, 0.717) is 12.1 Å². The summed E-state index contributed by atoms with van der Waals surface area (Å²) in [6.45, 7) is 3.55. The van der Waals surface area contributed by atoms with Crippen LogP contribution in [0.15, 0.2) is 60.7 Å². The molecule has 0 bridgehead atoms. The summed E-state index contributed by atoms with van der Waals surface area (Å²) in [6.07, 6.45) is -10.1. The first-order valence-corrected chi connectivity index (χ1v) is 9.88. The molecule has 0 saturated carbocycles. The molecule has 0 saturated heterocycles. The first-order valence-electron chi connectivity index (χ1n) is 9.88. The van der Waals surface area contributed by atoms with Gasteiger partial charge in [0.2, 0.25) is 0 Å². The minimum absolute atomic E-state index is 0.101. The van der Waals surface area contributed by atoms with Gasteiger partial charge in [-0.25, -0.2) is 4.79 Å². The molecule has 0 fully saturated rings. The highest BCUT2D eigenvalue weighted by atomic mass is 19.4. The molecule has 5 nitrogen and oxygen atoms in total. The number of rotatable bonds is 2. The predicted octanol–water partition coefficient (Wildman–Crippen LogP) is 6.58. The number of carbonyl (C=O) groups is 1. The molecule has 0 amide bonds. The molecule has 0 aliphatic rings. The number of halogens is 6. The van der Waals surface area contributed by atoms with Crippen molar-refractivity contribution < 1.29 is 31.1 Å². The Morgan fingerprint density at radius 2 is 0.971 bits per heavy atom. The van der Waals surface area contributed by atoms with Crippen molar-refractivity contribution in [1.82, 2.24) is 19.6 Å². The summed E-state index contributed by atoms with van der Waals surface area (Å²) < 4.78 is 82.0. The number of carbonyl (C=O) groups excluding carboxylic acids is 1. The van der Waals surface area contributed by atoms with Gasteiger partial charge in [-0.15, -0.1) is 0 Å². The lowest BCUT2D eigenvalue weighted by molar-refractivity contribution is -0.143. The van der Waals surface area contributed by atoms with E-state index in [9.17, 15) is 31.1 Å². The van der Waals surface area contributed by atoms with Gasteiger partial charge in [0.25, 0.3) is 0 Å². The molecule has 11 heteroatoms. The molecule has 176 valence electrons. The fourth-order valence-electron chi connectivity index (χ4n) is 3.28. The summed E-state index contributed by atoms with van der Waals surface area (Å²) in [5, 5.41) is 7.38. The highest BCUT2D eigenvalue weighted by Crippen LogP contribution is 2.35. The average molecular weight is 478 g/mol. The Bertz CT molecular complexity index is 1240. The van der Waals surface area contributed by atoms with Crippen molar-refractivity contribution in [3.8, 4) is 22.5 Å². The fourth-order valence-corrected chi connectivity index (χ4v) is 3.28. The smallest absolute Gasteiger partial charge is 0.244 e. The van der Waals surface area contributed by atoms with Crippen LogP contribution < -0.4 is 0 Å². The van der Waals surface area contributed by atoms with Crippen LogP contribution in [0.3, 0.4) is 0 Å². The van der Waals surface area contributed by atoms with Crippen molar-refractivity contribution >= 4 is 6.03 Å². The monoisotopic (exact) mass is 478 g/mol. The molecule has 0 radical (unpaired) electrons. The van der Waals surface area contributed by atoms with E-state index in [1.807, 2.05) is 0 Å². The number of aryl methyl sites for hydroxylation is 2. The third-order valence-corrected chi connectivity index (χ3v) is 5.06. The Balaban J connectivity index is 1.86. The molecule has 0 aliphatic carbocycles. The molecular formula is C23H16F6N4O. The summed E-state index contributed by atoms with van der Waals surface area (Å²) in [4.78, 5) is 13.0. The van der Waals surface area contributed by atoms with Crippen LogP contribution in [0.2, 0.25) is 0 Å². The van der Waals surface area contributed by atoms with Gasteiger partial charge in [0.1, 0.15) is 0 Å². The Hall–Kier alpha value is -3.89. The molecular weight excluding hydrogens is 462 g/mol. The van der Waals surface area contributed by atoms with E-state index in [2.05, 4.69) is 10.2 Å². The van der Waals surface area contributed by atoms with Gasteiger partial charge in [-0.2, -0.15) is 45.9 Å². The summed E-state index contributed by atoms with van der Waals surface area (Å²) in [5.74, 6) is 0. The molecule has 4 aromatic rings. The Labute approximate surface area is 189 Å². The van der Waals surface area contributed by atoms with Crippen LogP contribution in [-0.2, 0) is 12.4 Å². The second kappa shape index (κ2) is 8.15. The Kier molecular flexibility index (Phi) is 5.58. The predicted molar refractivity (Wildman–Crippen MR) is 111 cm³/mol. The van der Waals surface area contributed by atoms with Crippen LogP contribution >= 0.6 is 0 Å². The van der Waals surface area contributed by atoms with E-state index in [1.54, 1.807) is 38.1 Å². The first-order chi connectivity index (χ1) is 15.8. The first kappa shape index (κ1) is 23.3. The quantitative estimate of drug-likeness (QED) is 0.306. The molecule has 4 rings (SSSR count). The lowest BCUT2D eigenvalue weighted by atomic mass is 10.1. The highest BCUT2D eigenvalue weighted by Gasteiger charge is 2.42. The molecule has 0 atom stereocenters. The van der Waals surface area contributed by atoms with Crippen LogP contribution in [-0.4, -0.2) is 25.6 Å². The fraction of sp³-hybridized carbons (Fsp3) is 0.174. The summed E-state index contributed by atoms with van der Waals surface area (Å²) in [5.41, 5.74) is -1.28. The van der Waals surface area contributed by atoms with Crippen molar-refractivity contribution in [2.24, 2.45) is 0 Å². The highest BCUT2D eigenvalue weighted by molar-refractivity contribution is 5.81. The van der Waals surface area contributed by atoms with Crippen molar-refractivity contribution in [1.29, 1.82) is 0 Å². The van der Waals surface area contributed by atoms with Crippen LogP contribution in [0.1, 0.15) is 22.5 Å². The number of hydrogen-bond donors (Lipinski definition) is 0. The van der Waals surface area contributed by atoms with Crippen LogP contribution in [0.25, 0.3) is 22.5 Å². The van der Waals surface area contributed by atoms with Gasteiger partial charge in [-0.3, -0.25) is 0 Å². The minimum Gasteiger partial charge on any atom is -0.244 e. The van der Waals surface area contributed by atoms with Gasteiger partial charge in [0, 0.05) is 11.1 Å². The zero-order valence-corrected chi connectivity index (χ0v) is 17.7. The van der Waals surface area contributed by atoms with E-state index in [1.165, 1.54) is 24.3 Å². The van der Waals surface area contributed by atoms with E-state index >= 15 is 0 Å². The van der Waals surface area contributed by atoms with E-state index < -0.39 is 29.8 Å². The molecule has 2 heterocycles. The Morgan fingerprint density at radius 3 is 1.26 bits per heavy atom. The molecule has 2 aromatic carbocycles. The number of alkyl halides is 6. The maximum Gasteiger partial charge on any atom is 0.433 e. The largest absolute Gasteiger partial charge is 0.433 e. The molecule has 34 heavy (non-hydrogen) atoms. The number of hydrogen-bond acceptors (Lipinski definition) is 3. The standard InChI is InChI=1S/C23H16F6N4O/c1-13-3-7-15(8-4-13)17-11-19(22(24,25)26)32(30-17)21(34)33-20(23(27,28)29)12-18(31-33)16-9-5-14(2)6-10-16/h3-12H,1-2H3. The SMILES string of the molecule is Cc1ccc(-c2cc(C(F)(F)F)n(C(=O)n3nc(-c4ccc(C)cc4)cc3C(F)(F)F)n2)cc1. The van der Waals surface area contributed by atoms with E-state index in [0.717, 1.165) is 11.1 Å². The lowest BCUT2D eigenvalue weighted by Crippen LogP contribution is -2.30. The molecule has 2 aromatic heterocycles. The van der Waals surface area contributed by atoms with Gasteiger partial charge in [-0.05, 0) is 26.0 Å². The zero-order valence-electron chi connectivity index (χ0n) is 17.7. The topological polar surface area (TPSA) is 52.7 Å². The third-order valence-electron chi connectivity index (χ3n) is 5.06. The van der Waals surface area contributed by atoms with Gasteiger partial charge in [0.05, 0.1) is 11.4 Å². The average Bonchev–Trinajstić information content (AvgIpc) is 3.40. The Morgan fingerprint density at radius 1 is 0.647 bits per heavy atom. The second-order valence-electron chi connectivity index (χ2n) is 7.66. The maximum atomic E-state index is 13.7. The molecule has 0 N–H and O–H groups in total. The normalized spacial score (nSPS) is 12.2. The van der Waals surface area contributed by atoms with Crippen molar-refractivity contribution in [3.05, 3.63) is 83.2 Å². The zero-order chi connectivity index (χ0) is 24.8. The van der Waals surface area contributed by atoms with E-state index in [-0.39, 0.29) is 31.9 Å². The number of aromatic nitrogens is 4. The summed E-state index contributed by atoms with van der Waals surface area (Å²) in [7, 11) is 0. The van der Waals surface area contributed by atoms with Crippen molar-refractivity contribution in [3.63, 3.8) is 0 Å². The van der Waals surface area contributed by atoms with Gasteiger partial charge in [0.15, 0.2) is 11.4 Å². The van der Waals surface area contributed by atoms with Crippen molar-refractivity contribution in [2.45, 2.75) is 26.2 Å². The summed E-state index contributed by atoms with van der Waals surface area (Å²) >= 11 is 0. The van der Waals surface area contributed by atoms with Gasteiger partial charge < -0.3 is 0 Å². The second-order valence-corrected chi connectivity index (χ2v) is 7.66. The molecule has 0 unspecified atom stereocenters. The number of nitrogens with zero attached hydrogens (tertiary/aromatic N) is 4. The van der Waals surface area contributed by atoms with Crippen molar-refractivity contribution in [2.75, 3.05) is 0 Å². The van der Waals surface area contributed by atoms with Gasteiger partial charge >= 0.3 is 18.4 Å². The molecule has 0 spiro atoms. The third kappa shape index (κ3) is 4.45. The van der Waals surface area contributed by atoms with E-state index in [4.69, 9.17) is 0 Å². The van der Waals surface area contributed by atoms with Crippen LogP contribution in [0.5, 0.6) is 0 Å². The van der Waals surface area contributed by atoms with Gasteiger partial charge in [-0.1, -0.05) is 59.7 Å². The minimum atomic E-state index is -5.06.